The molecule has 0 aromatic heterocycles. The van der Waals surface area contributed by atoms with Crippen LogP contribution in [0.1, 0.15) is 0 Å². The zero-order chi connectivity index (χ0) is 16.1. The molecule has 0 atom stereocenters. The van der Waals surface area contributed by atoms with Crippen LogP contribution < -0.4 is 10.1 Å². The number of halogens is 2. The SMILES string of the molecule is Cl.O=C(COc1ccc(-c2ccccc2)cc1Cl)N1CCNCC1. The molecule has 0 spiro atoms. The number of benzene rings is 2. The largest absolute Gasteiger partial charge is 0.482 e. The number of ether oxygens (including phenoxy) is 1. The minimum absolute atomic E-state index is 0. The maximum atomic E-state index is 12.1. The minimum atomic E-state index is -0.00491. The first kappa shape index (κ1) is 18.6. The Labute approximate surface area is 153 Å². The van der Waals surface area contributed by atoms with Crippen molar-refractivity contribution in [2.24, 2.45) is 0 Å². The second kappa shape index (κ2) is 8.92. The molecule has 0 bridgehead atoms. The molecule has 0 saturated carbocycles. The van der Waals surface area contributed by atoms with Crippen LogP contribution in [-0.2, 0) is 4.79 Å². The van der Waals surface area contributed by atoms with Crippen molar-refractivity contribution < 1.29 is 9.53 Å². The third kappa shape index (κ3) is 4.63. The summed E-state index contributed by atoms with van der Waals surface area (Å²) in [7, 11) is 0. The van der Waals surface area contributed by atoms with Crippen LogP contribution in [0.25, 0.3) is 11.1 Å². The summed E-state index contributed by atoms with van der Waals surface area (Å²) in [6.45, 7) is 3.13. The highest BCUT2D eigenvalue weighted by atomic mass is 35.5. The van der Waals surface area contributed by atoms with Gasteiger partial charge in [0.05, 0.1) is 5.02 Å². The Kier molecular flexibility index (Phi) is 6.91. The Bertz CT molecular complexity index is 674. The highest BCUT2D eigenvalue weighted by Gasteiger charge is 2.17. The molecule has 0 aliphatic carbocycles. The molecule has 1 saturated heterocycles. The molecular weight excluding hydrogens is 347 g/mol. The molecule has 1 heterocycles. The van der Waals surface area contributed by atoms with Crippen molar-refractivity contribution in [1.82, 2.24) is 10.2 Å². The Morgan fingerprint density at radius 2 is 1.79 bits per heavy atom. The lowest BCUT2D eigenvalue weighted by Gasteiger charge is -2.27. The van der Waals surface area contributed by atoms with Gasteiger partial charge in [-0.1, -0.05) is 48.0 Å². The fourth-order valence-electron chi connectivity index (χ4n) is 2.57. The van der Waals surface area contributed by atoms with E-state index >= 15 is 0 Å². The smallest absolute Gasteiger partial charge is 0.260 e. The Balaban J connectivity index is 0.00000208. The summed E-state index contributed by atoms with van der Waals surface area (Å²) in [5.41, 5.74) is 2.12. The molecule has 1 N–H and O–H groups in total. The van der Waals surface area contributed by atoms with Crippen molar-refractivity contribution in [3.63, 3.8) is 0 Å². The zero-order valence-electron chi connectivity index (χ0n) is 13.2. The second-order valence-electron chi connectivity index (χ2n) is 5.43. The zero-order valence-corrected chi connectivity index (χ0v) is 14.8. The third-order valence-electron chi connectivity index (χ3n) is 3.86. The number of nitrogens with zero attached hydrogens (tertiary/aromatic N) is 1. The first-order valence-corrected chi connectivity index (χ1v) is 8.08. The number of nitrogens with one attached hydrogen (secondary N) is 1. The number of piperazine rings is 1. The van der Waals surface area contributed by atoms with E-state index in [1.54, 1.807) is 0 Å². The van der Waals surface area contributed by atoms with Gasteiger partial charge in [-0.2, -0.15) is 0 Å². The second-order valence-corrected chi connectivity index (χ2v) is 5.84. The summed E-state index contributed by atoms with van der Waals surface area (Å²) in [4.78, 5) is 13.9. The summed E-state index contributed by atoms with van der Waals surface area (Å²) in [5.74, 6) is 0.532. The number of carbonyl (C=O) groups excluding carboxylic acids is 1. The average molecular weight is 367 g/mol. The van der Waals surface area contributed by atoms with Crippen LogP contribution in [0.3, 0.4) is 0 Å². The van der Waals surface area contributed by atoms with Gasteiger partial charge in [0, 0.05) is 26.2 Å². The van der Waals surface area contributed by atoms with E-state index in [1.807, 2.05) is 53.4 Å². The molecule has 2 aromatic rings. The van der Waals surface area contributed by atoms with E-state index in [0.29, 0.717) is 10.8 Å². The summed E-state index contributed by atoms with van der Waals surface area (Å²) < 4.78 is 5.60. The molecule has 2 aromatic carbocycles. The maximum absolute atomic E-state index is 12.1. The molecule has 0 radical (unpaired) electrons. The van der Waals surface area contributed by atoms with Crippen LogP contribution in [0.15, 0.2) is 48.5 Å². The number of rotatable bonds is 4. The van der Waals surface area contributed by atoms with Crippen molar-refractivity contribution in [2.45, 2.75) is 0 Å². The van der Waals surface area contributed by atoms with Gasteiger partial charge in [0.2, 0.25) is 0 Å². The number of hydrogen-bond acceptors (Lipinski definition) is 3. The van der Waals surface area contributed by atoms with Gasteiger partial charge in [0.15, 0.2) is 6.61 Å². The van der Waals surface area contributed by atoms with Gasteiger partial charge in [0.1, 0.15) is 5.75 Å². The fraction of sp³-hybridized carbons (Fsp3) is 0.278. The molecule has 24 heavy (non-hydrogen) atoms. The third-order valence-corrected chi connectivity index (χ3v) is 4.16. The highest BCUT2D eigenvalue weighted by Crippen LogP contribution is 2.30. The predicted molar refractivity (Wildman–Crippen MR) is 99.1 cm³/mol. The lowest BCUT2D eigenvalue weighted by molar-refractivity contribution is -0.133. The normalized spacial score (nSPS) is 14.0. The summed E-state index contributed by atoms with van der Waals surface area (Å²) in [6.07, 6.45) is 0. The molecule has 1 amide bonds. The van der Waals surface area contributed by atoms with Gasteiger partial charge in [-0.25, -0.2) is 0 Å². The number of amides is 1. The highest BCUT2D eigenvalue weighted by molar-refractivity contribution is 6.32. The van der Waals surface area contributed by atoms with Gasteiger partial charge < -0.3 is 15.0 Å². The van der Waals surface area contributed by atoms with Crippen LogP contribution >= 0.6 is 24.0 Å². The minimum Gasteiger partial charge on any atom is -0.482 e. The molecule has 4 nitrogen and oxygen atoms in total. The average Bonchev–Trinajstić information content (AvgIpc) is 2.62. The molecule has 0 unspecified atom stereocenters. The Hall–Kier alpha value is -1.75. The quantitative estimate of drug-likeness (QED) is 0.902. The molecule has 6 heteroatoms. The molecular formula is C18H20Cl2N2O2. The van der Waals surface area contributed by atoms with E-state index in [1.165, 1.54) is 0 Å². The standard InChI is InChI=1S/C18H19ClN2O2.ClH/c19-16-12-15(14-4-2-1-3-5-14)6-7-17(16)23-13-18(22)21-10-8-20-9-11-21;/h1-7,12,20H,8-11,13H2;1H. The predicted octanol–water partition coefficient (Wildman–Crippen LogP) is 3.24. The Morgan fingerprint density at radius 3 is 2.46 bits per heavy atom. The van der Waals surface area contributed by atoms with Gasteiger partial charge in [-0.05, 0) is 23.3 Å². The van der Waals surface area contributed by atoms with E-state index in [0.717, 1.165) is 37.3 Å². The molecule has 1 fully saturated rings. The lowest BCUT2D eigenvalue weighted by atomic mass is 10.1. The first-order valence-electron chi connectivity index (χ1n) is 7.70. The van der Waals surface area contributed by atoms with E-state index in [-0.39, 0.29) is 24.9 Å². The summed E-state index contributed by atoms with van der Waals surface area (Å²) in [6, 6.07) is 15.6. The van der Waals surface area contributed by atoms with Gasteiger partial charge in [-0.15, -0.1) is 12.4 Å². The van der Waals surface area contributed by atoms with Gasteiger partial charge in [-0.3, -0.25) is 4.79 Å². The van der Waals surface area contributed by atoms with Crippen LogP contribution in [0.2, 0.25) is 5.02 Å². The van der Waals surface area contributed by atoms with E-state index in [9.17, 15) is 4.79 Å². The van der Waals surface area contributed by atoms with Crippen molar-refractivity contribution >= 4 is 29.9 Å². The maximum Gasteiger partial charge on any atom is 0.260 e. The number of hydrogen-bond donors (Lipinski definition) is 1. The summed E-state index contributed by atoms with van der Waals surface area (Å²) >= 11 is 6.29. The monoisotopic (exact) mass is 366 g/mol. The molecule has 128 valence electrons. The topological polar surface area (TPSA) is 41.6 Å². The van der Waals surface area contributed by atoms with E-state index < -0.39 is 0 Å². The van der Waals surface area contributed by atoms with Crippen LogP contribution in [0.4, 0.5) is 0 Å². The lowest BCUT2D eigenvalue weighted by Crippen LogP contribution is -2.47. The van der Waals surface area contributed by atoms with Crippen LogP contribution in [0, 0.1) is 0 Å². The Morgan fingerprint density at radius 1 is 1.08 bits per heavy atom. The summed E-state index contributed by atoms with van der Waals surface area (Å²) in [5, 5.41) is 3.73. The molecule has 1 aliphatic heterocycles. The van der Waals surface area contributed by atoms with Crippen molar-refractivity contribution in [2.75, 3.05) is 32.8 Å². The molecule has 1 aliphatic rings. The van der Waals surface area contributed by atoms with Gasteiger partial charge >= 0.3 is 0 Å². The van der Waals surface area contributed by atoms with E-state index in [4.69, 9.17) is 16.3 Å². The van der Waals surface area contributed by atoms with Crippen molar-refractivity contribution in [3.05, 3.63) is 53.6 Å². The van der Waals surface area contributed by atoms with Crippen LogP contribution in [0.5, 0.6) is 5.75 Å². The van der Waals surface area contributed by atoms with Crippen molar-refractivity contribution in [3.8, 4) is 16.9 Å². The van der Waals surface area contributed by atoms with Gasteiger partial charge in [0.25, 0.3) is 5.91 Å². The van der Waals surface area contributed by atoms with Crippen LogP contribution in [-0.4, -0.2) is 43.6 Å². The first-order chi connectivity index (χ1) is 11.2. The number of carbonyl (C=O) groups is 1. The van der Waals surface area contributed by atoms with Crippen molar-refractivity contribution in [1.29, 1.82) is 0 Å². The fourth-order valence-corrected chi connectivity index (χ4v) is 2.81. The van der Waals surface area contributed by atoms with E-state index in [2.05, 4.69) is 5.32 Å². The molecule has 3 rings (SSSR count).